The number of thiocarbonyl (C=S) groups is 1. The van der Waals surface area contributed by atoms with Gasteiger partial charge in [-0.25, -0.2) is 4.99 Å². The average Bonchev–Trinajstić information content (AvgIpc) is 1.87. The van der Waals surface area contributed by atoms with Crippen LogP contribution in [0.5, 0.6) is 0 Å². The topological polar surface area (TPSA) is 41.5 Å². The SMILES string of the molecule is CNC(=O)C(C)N=C=S. The first kappa shape index (κ1) is 8.27. The first-order chi connectivity index (χ1) is 4.22. The molecule has 0 saturated carbocycles. The van der Waals surface area contributed by atoms with Crippen molar-refractivity contribution in [2.24, 2.45) is 4.99 Å². The minimum absolute atomic E-state index is 0.146. The lowest BCUT2D eigenvalue weighted by Gasteiger charge is -1.99. The molecule has 0 aliphatic carbocycles. The summed E-state index contributed by atoms with van der Waals surface area (Å²) in [6.07, 6.45) is 0. The summed E-state index contributed by atoms with van der Waals surface area (Å²) in [5.74, 6) is -0.146. The Hall–Kier alpha value is -0.730. The van der Waals surface area contributed by atoms with E-state index in [1.54, 1.807) is 14.0 Å². The third-order valence-corrected chi connectivity index (χ3v) is 0.978. The molecule has 50 valence electrons. The van der Waals surface area contributed by atoms with Gasteiger partial charge in [-0.1, -0.05) is 0 Å². The highest BCUT2D eigenvalue weighted by Gasteiger charge is 2.06. The number of carbonyl (C=O) groups is 1. The van der Waals surface area contributed by atoms with E-state index in [1.165, 1.54) is 0 Å². The summed E-state index contributed by atoms with van der Waals surface area (Å²) in [7, 11) is 1.55. The number of hydrogen-bond donors (Lipinski definition) is 1. The predicted octanol–water partition coefficient (Wildman–Crippen LogP) is 0.224. The Bertz CT molecular complexity index is 151. The standard InChI is InChI=1S/C5H8N2OS/c1-4(7-3-9)5(8)6-2/h4H,1-2H3,(H,6,8). The summed E-state index contributed by atoms with van der Waals surface area (Å²) < 4.78 is 0. The predicted molar refractivity (Wildman–Crippen MR) is 38.6 cm³/mol. The van der Waals surface area contributed by atoms with Gasteiger partial charge in [-0.05, 0) is 19.1 Å². The largest absolute Gasteiger partial charge is 0.357 e. The summed E-state index contributed by atoms with van der Waals surface area (Å²) in [6, 6.07) is -0.410. The van der Waals surface area contributed by atoms with Gasteiger partial charge in [0.05, 0.1) is 5.16 Å². The van der Waals surface area contributed by atoms with Crippen molar-refractivity contribution >= 4 is 23.3 Å². The third kappa shape index (κ3) is 2.95. The quantitative estimate of drug-likeness (QED) is 0.445. The number of likely N-dealkylation sites (N-methyl/N-ethyl adjacent to an activating group) is 1. The number of nitrogens with zero attached hydrogens (tertiary/aromatic N) is 1. The van der Waals surface area contributed by atoms with Crippen LogP contribution in [0.25, 0.3) is 0 Å². The van der Waals surface area contributed by atoms with Gasteiger partial charge >= 0.3 is 0 Å². The fraction of sp³-hybridized carbons (Fsp3) is 0.600. The lowest BCUT2D eigenvalue weighted by atomic mass is 10.3. The molecule has 3 nitrogen and oxygen atoms in total. The molecule has 0 aromatic carbocycles. The van der Waals surface area contributed by atoms with Crippen molar-refractivity contribution in [3.8, 4) is 0 Å². The Balaban J connectivity index is 3.87. The van der Waals surface area contributed by atoms with Gasteiger partial charge in [0.25, 0.3) is 0 Å². The van der Waals surface area contributed by atoms with E-state index in [-0.39, 0.29) is 5.91 Å². The first-order valence-electron chi connectivity index (χ1n) is 2.51. The molecule has 0 radical (unpaired) electrons. The minimum Gasteiger partial charge on any atom is -0.357 e. The summed E-state index contributed by atoms with van der Waals surface area (Å²) >= 11 is 4.30. The number of rotatable bonds is 2. The van der Waals surface area contributed by atoms with E-state index < -0.39 is 6.04 Å². The van der Waals surface area contributed by atoms with Gasteiger partial charge in [0.2, 0.25) is 5.91 Å². The molecule has 0 heterocycles. The van der Waals surface area contributed by atoms with Crippen LogP contribution < -0.4 is 5.32 Å². The molecule has 0 saturated heterocycles. The fourth-order valence-corrected chi connectivity index (χ4v) is 0.505. The van der Waals surface area contributed by atoms with Gasteiger partial charge in [-0.15, -0.1) is 0 Å². The molecule has 1 N–H and O–H groups in total. The van der Waals surface area contributed by atoms with Crippen LogP contribution in [0.1, 0.15) is 6.92 Å². The second-order valence-electron chi connectivity index (χ2n) is 1.51. The van der Waals surface area contributed by atoms with Crippen molar-refractivity contribution in [1.29, 1.82) is 0 Å². The van der Waals surface area contributed by atoms with E-state index in [2.05, 4.69) is 27.7 Å². The van der Waals surface area contributed by atoms with Crippen molar-refractivity contribution in [2.75, 3.05) is 7.05 Å². The molecule has 0 aliphatic rings. The molecule has 4 heteroatoms. The monoisotopic (exact) mass is 144 g/mol. The van der Waals surface area contributed by atoms with Crippen molar-refractivity contribution in [2.45, 2.75) is 13.0 Å². The van der Waals surface area contributed by atoms with Crippen molar-refractivity contribution in [3.05, 3.63) is 0 Å². The maximum absolute atomic E-state index is 10.6. The van der Waals surface area contributed by atoms with Gasteiger partial charge < -0.3 is 5.32 Å². The summed E-state index contributed by atoms with van der Waals surface area (Å²) in [6.45, 7) is 1.65. The van der Waals surface area contributed by atoms with E-state index >= 15 is 0 Å². The molecule has 1 amide bonds. The highest BCUT2D eigenvalue weighted by Crippen LogP contribution is 1.84. The van der Waals surface area contributed by atoms with Crippen LogP contribution in [0.2, 0.25) is 0 Å². The second kappa shape index (κ2) is 4.18. The van der Waals surface area contributed by atoms with Crippen LogP contribution in [-0.2, 0) is 4.79 Å². The Morgan fingerprint density at radius 2 is 2.44 bits per heavy atom. The molecule has 0 aromatic heterocycles. The van der Waals surface area contributed by atoms with Crippen molar-refractivity contribution < 1.29 is 4.79 Å². The van der Waals surface area contributed by atoms with Crippen LogP contribution in [-0.4, -0.2) is 24.2 Å². The molecule has 0 rings (SSSR count). The maximum atomic E-state index is 10.6. The molecule has 0 aromatic rings. The van der Waals surface area contributed by atoms with E-state index in [0.717, 1.165) is 0 Å². The van der Waals surface area contributed by atoms with E-state index in [9.17, 15) is 4.79 Å². The van der Waals surface area contributed by atoms with Gasteiger partial charge in [0.1, 0.15) is 6.04 Å². The maximum Gasteiger partial charge on any atom is 0.245 e. The van der Waals surface area contributed by atoms with Crippen LogP contribution in [0, 0.1) is 0 Å². The highest BCUT2D eigenvalue weighted by atomic mass is 32.1. The van der Waals surface area contributed by atoms with Crippen LogP contribution in [0.3, 0.4) is 0 Å². The minimum atomic E-state index is -0.410. The average molecular weight is 144 g/mol. The molecule has 1 atom stereocenters. The van der Waals surface area contributed by atoms with Gasteiger partial charge in [-0.2, -0.15) is 0 Å². The molecule has 0 bridgehead atoms. The zero-order valence-corrected chi connectivity index (χ0v) is 6.16. The summed E-state index contributed by atoms with van der Waals surface area (Å²) in [5.41, 5.74) is 0. The zero-order chi connectivity index (χ0) is 7.28. The molecular formula is C5H8N2OS. The Labute approximate surface area is 59.2 Å². The first-order valence-corrected chi connectivity index (χ1v) is 2.91. The normalized spacial score (nSPS) is 11.3. The lowest BCUT2D eigenvalue weighted by Crippen LogP contribution is -2.27. The highest BCUT2D eigenvalue weighted by molar-refractivity contribution is 7.78. The smallest absolute Gasteiger partial charge is 0.245 e. The molecule has 0 aliphatic heterocycles. The zero-order valence-electron chi connectivity index (χ0n) is 5.34. The number of carbonyl (C=O) groups excluding carboxylic acids is 1. The number of nitrogens with one attached hydrogen (secondary N) is 1. The Kier molecular flexibility index (Phi) is 3.84. The van der Waals surface area contributed by atoms with Gasteiger partial charge in [0.15, 0.2) is 0 Å². The molecule has 1 unspecified atom stereocenters. The van der Waals surface area contributed by atoms with Crippen molar-refractivity contribution in [1.82, 2.24) is 5.32 Å². The molecular weight excluding hydrogens is 136 g/mol. The van der Waals surface area contributed by atoms with Gasteiger partial charge in [-0.3, -0.25) is 4.79 Å². The molecule has 0 spiro atoms. The number of amides is 1. The summed E-state index contributed by atoms with van der Waals surface area (Å²) in [5, 5.41) is 4.56. The van der Waals surface area contributed by atoms with Crippen LogP contribution in [0.4, 0.5) is 0 Å². The number of isothiocyanates is 1. The van der Waals surface area contributed by atoms with Crippen LogP contribution >= 0.6 is 12.2 Å². The second-order valence-corrected chi connectivity index (χ2v) is 1.69. The van der Waals surface area contributed by atoms with E-state index in [1.807, 2.05) is 0 Å². The van der Waals surface area contributed by atoms with Crippen molar-refractivity contribution in [3.63, 3.8) is 0 Å². The lowest BCUT2D eigenvalue weighted by molar-refractivity contribution is -0.121. The Morgan fingerprint density at radius 3 is 2.78 bits per heavy atom. The third-order valence-electron chi connectivity index (χ3n) is 0.872. The Morgan fingerprint density at radius 1 is 1.89 bits per heavy atom. The summed E-state index contributed by atoms with van der Waals surface area (Å²) in [4.78, 5) is 14.2. The molecule has 9 heavy (non-hydrogen) atoms. The fourth-order valence-electron chi connectivity index (χ4n) is 0.347. The van der Waals surface area contributed by atoms with E-state index in [4.69, 9.17) is 0 Å². The van der Waals surface area contributed by atoms with E-state index in [0.29, 0.717) is 0 Å². The number of hydrogen-bond acceptors (Lipinski definition) is 3. The van der Waals surface area contributed by atoms with Gasteiger partial charge in [0, 0.05) is 7.05 Å². The van der Waals surface area contributed by atoms with Crippen LogP contribution in [0.15, 0.2) is 4.99 Å². The number of aliphatic imine (C=N–C) groups is 1. The molecule has 0 fully saturated rings.